The molecule has 2 aromatic rings. The highest BCUT2D eigenvalue weighted by Crippen LogP contribution is 2.17. The van der Waals surface area contributed by atoms with Gasteiger partial charge in [-0.2, -0.15) is 0 Å². The van der Waals surface area contributed by atoms with Crippen LogP contribution in [0.15, 0.2) is 53.4 Å². The molecule has 0 radical (unpaired) electrons. The van der Waals surface area contributed by atoms with Gasteiger partial charge < -0.3 is 19.5 Å². The molecule has 2 rings (SSSR count). The molecule has 2 aromatic carbocycles. The Hall–Kier alpha value is -2.87. The van der Waals surface area contributed by atoms with Crippen LogP contribution in [0.3, 0.4) is 0 Å². The molecule has 0 bridgehead atoms. The minimum Gasteiger partial charge on any atom is -0.494 e. The first kappa shape index (κ1) is 21.4. The standard InChI is InChI=1S/C20H23NO6S/c1-3-25-15-8-10-16(11-9-15)26-13-12-21-19(22)14-27-20(23)17-6-4-5-7-18(17)28(2)24/h4-11H,3,12-14H2,1-2H3,(H,21,22)/t28-/m0/s1. The van der Waals surface area contributed by atoms with Crippen molar-refractivity contribution in [2.45, 2.75) is 11.8 Å². The van der Waals surface area contributed by atoms with Crippen LogP contribution in [0.1, 0.15) is 17.3 Å². The molecule has 1 N–H and O–H groups in total. The molecule has 0 spiro atoms. The minimum absolute atomic E-state index is 0.190. The second kappa shape index (κ2) is 11.1. The Kier molecular flexibility index (Phi) is 8.48. The van der Waals surface area contributed by atoms with Crippen LogP contribution in [-0.4, -0.2) is 48.7 Å². The van der Waals surface area contributed by atoms with Gasteiger partial charge in [0.05, 0.1) is 34.4 Å². The largest absolute Gasteiger partial charge is 0.494 e. The number of carbonyl (C=O) groups is 2. The highest BCUT2D eigenvalue weighted by Gasteiger charge is 2.15. The molecule has 0 heterocycles. The first-order valence-electron chi connectivity index (χ1n) is 8.73. The number of rotatable bonds is 10. The highest BCUT2D eigenvalue weighted by molar-refractivity contribution is 7.84. The summed E-state index contributed by atoms with van der Waals surface area (Å²) in [6.45, 7) is 2.61. The molecule has 8 heteroatoms. The van der Waals surface area contributed by atoms with Gasteiger partial charge in [-0.05, 0) is 43.3 Å². The zero-order valence-corrected chi connectivity index (χ0v) is 16.6. The van der Waals surface area contributed by atoms with Gasteiger partial charge in [0.15, 0.2) is 6.61 Å². The molecule has 1 atom stereocenters. The van der Waals surface area contributed by atoms with E-state index in [9.17, 15) is 13.8 Å². The summed E-state index contributed by atoms with van der Waals surface area (Å²) in [5, 5.41) is 2.60. The second-order valence-corrected chi connectivity index (χ2v) is 6.98. The Morgan fingerprint density at radius 3 is 2.29 bits per heavy atom. The van der Waals surface area contributed by atoms with Gasteiger partial charge in [0, 0.05) is 6.26 Å². The molecule has 0 fully saturated rings. The van der Waals surface area contributed by atoms with E-state index in [4.69, 9.17) is 14.2 Å². The number of benzene rings is 2. The van der Waals surface area contributed by atoms with Crippen LogP contribution in [0.2, 0.25) is 0 Å². The Bertz CT molecular complexity index is 822. The number of amides is 1. The third kappa shape index (κ3) is 6.70. The SMILES string of the molecule is CCOc1ccc(OCCNC(=O)COC(=O)c2ccccc2[S@](C)=O)cc1. The molecule has 7 nitrogen and oxygen atoms in total. The molecule has 1 amide bonds. The number of carbonyl (C=O) groups excluding carboxylic acids is 2. The maximum absolute atomic E-state index is 12.1. The maximum atomic E-state index is 12.1. The highest BCUT2D eigenvalue weighted by atomic mass is 32.2. The van der Waals surface area contributed by atoms with Gasteiger partial charge in [0.25, 0.3) is 5.91 Å². The lowest BCUT2D eigenvalue weighted by Gasteiger charge is -2.10. The number of hydrogen-bond acceptors (Lipinski definition) is 6. The van der Waals surface area contributed by atoms with Crippen molar-refractivity contribution >= 4 is 22.7 Å². The fourth-order valence-corrected chi connectivity index (χ4v) is 3.04. The van der Waals surface area contributed by atoms with Crippen molar-refractivity contribution in [1.29, 1.82) is 0 Å². The van der Waals surface area contributed by atoms with E-state index in [1.807, 2.05) is 6.92 Å². The number of ether oxygens (including phenoxy) is 3. The Labute approximate surface area is 166 Å². The summed E-state index contributed by atoms with van der Waals surface area (Å²) >= 11 is 0. The normalized spacial score (nSPS) is 11.4. The van der Waals surface area contributed by atoms with Gasteiger partial charge in [-0.1, -0.05) is 12.1 Å². The molecule has 0 saturated carbocycles. The lowest BCUT2D eigenvalue weighted by molar-refractivity contribution is -0.124. The third-order valence-corrected chi connectivity index (χ3v) is 4.55. The van der Waals surface area contributed by atoms with Crippen LogP contribution in [0.5, 0.6) is 11.5 Å². The van der Waals surface area contributed by atoms with Crippen LogP contribution in [0.25, 0.3) is 0 Å². The summed E-state index contributed by atoms with van der Waals surface area (Å²) in [4.78, 5) is 24.3. The van der Waals surface area contributed by atoms with Crippen molar-refractivity contribution in [2.75, 3.05) is 32.6 Å². The van der Waals surface area contributed by atoms with E-state index >= 15 is 0 Å². The molecule has 0 saturated heterocycles. The summed E-state index contributed by atoms with van der Waals surface area (Å²) in [5.74, 6) is 0.289. The summed E-state index contributed by atoms with van der Waals surface area (Å²) in [6, 6.07) is 13.6. The van der Waals surface area contributed by atoms with Crippen LogP contribution in [0.4, 0.5) is 0 Å². The van der Waals surface area contributed by atoms with Crippen molar-refractivity contribution in [3.05, 3.63) is 54.1 Å². The average Bonchev–Trinajstić information content (AvgIpc) is 2.70. The zero-order valence-electron chi connectivity index (χ0n) is 15.8. The summed E-state index contributed by atoms with van der Waals surface area (Å²) in [7, 11) is -1.33. The number of hydrogen-bond donors (Lipinski definition) is 1. The topological polar surface area (TPSA) is 90.9 Å². The van der Waals surface area contributed by atoms with Gasteiger partial charge >= 0.3 is 5.97 Å². The fraction of sp³-hybridized carbons (Fsp3) is 0.300. The van der Waals surface area contributed by atoms with E-state index in [1.165, 1.54) is 12.3 Å². The van der Waals surface area contributed by atoms with Crippen molar-refractivity contribution in [3.8, 4) is 11.5 Å². The molecule has 28 heavy (non-hydrogen) atoms. The third-order valence-electron chi connectivity index (χ3n) is 3.58. The van der Waals surface area contributed by atoms with Crippen LogP contribution >= 0.6 is 0 Å². The minimum atomic E-state index is -1.33. The monoisotopic (exact) mass is 405 g/mol. The Balaban J connectivity index is 1.70. The van der Waals surface area contributed by atoms with Crippen molar-refractivity contribution in [1.82, 2.24) is 5.32 Å². The van der Waals surface area contributed by atoms with E-state index in [-0.39, 0.29) is 18.7 Å². The number of nitrogens with one attached hydrogen (secondary N) is 1. The van der Waals surface area contributed by atoms with Gasteiger partial charge in [-0.3, -0.25) is 9.00 Å². The summed E-state index contributed by atoms with van der Waals surface area (Å²) in [5.41, 5.74) is 0.190. The van der Waals surface area contributed by atoms with Crippen molar-refractivity contribution in [2.24, 2.45) is 0 Å². The lowest BCUT2D eigenvalue weighted by Crippen LogP contribution is -2.32. The predicted octanol–water partition coefficient (Wildman–Crippen LogP) is 2.17. The molecular weight excluding hydrogens is 382 g/mol. The number of esters is 1. The molecule has 0 aliphatic carbocycles. The smallest absolute Gasteiger partial charge is 0.339 e. The fourth-order valence-electron chi connectivity index (χ4n) is 2.30. The average molecular weight is 405 g/mol. The second-order valence-electron chi connectivity index (χ2n) is 5.63. The molecule has 0 aliphatic heterocycles. The van der Waals surface area contributed by atoms with Crippen LogP contribution in [0, 0.1) is 0 Å². The molecule has 150 valence electrons. The summed E-state index contributed by atoms with van der Waals surface area (Å²) in [6.07, 6.45) is 1.48. The summed E-state index contributed by atoms with van der Waals surface area (Å²) < 4.78 is 27.5. The molecule has 0 aliphatic rings. The quantitative estimate of drug-likeness (QED) is 0.481. The van der Waals surface area contributed by atoms with E-state index in [2.05, 4.69) is 5.32 Å². The maximum Gasteiger partial charge on any atom is 0.339 e. The van der Waals surface area contributed by atoms with Crippen molar-refractivity contribution < 1.29 is 28.0 Å². The Morgan fingerprint density at radius 1 is 1.00 bits per heavy atom. The Morgan fingerprint density at radius 2 is 1.64 bits per heavy atom. The molecule has 0 aromatic heterocycles. The van der Waals surface area contributed by atoms with E-state index in [1.54, 1.807) is 42.5 Å². The van der Waals surface area contributed by atoms with E-state index < -0.39 is 29.3 Å². The zero-order chi connectivity index (χ0) is 20.4. The van der Waals surface area contributed by atoms with Crippen LogP contribution in [-0.2, 0) is 20.3 Å². The predicted molar refractivity (Wildman–Crippen MR) is 105 cm³/mol. The van der Waals surface area contributed by atoms with Gasteiger partial charge in [-0.15, -0.1) is 0 Å². The first-order chi connectivity index (χ1) is 13.5. The van der Waals surface area contributed by atoms with E-state index in [0.29, 0.717) is 17.3 Å². The van der Waals surface area contributed by atoms with Gasteiger partial charge in [-0.25, -0.2) is 4.79 Å². The van der Waals surface area contributed by atoms with E-state index in [0.717, 1.165) is 5.75 Å². The molecular formula is C20H23NO6S. The first-order valence-corrected chi connectivity index (χ1v) is 10.3. The van der Waals surface area contributed by atoms with Crippen molar-refractivity contribution in [3.63, 3.8) is 0 Å². The lowest BCUT2D eigenvalue weighted by atomic mass is 10.2. The molecule has 0 unspecified atom stereocenters. The van der Waals surface area contributed by atoms with Gasteiger partial charge in [0.1, 0.15) is 18.1 Å². The van der Waals surface area contributed by atoms with Crippen LogP contribution < -0.4 is 14.8 Å². The van der Waals surface area contributed by atoms with Gasteiger partial charge in [0.2, 0.25) is 0 Å².